The van der Waals surface area contributed by atoms with Crippen LogP contribution in [0.1, 0.15) is 23.4 Å². The number of aryl methyl sites for hydroxylation is 1. The molecule has 1 aromatic heterocycles. The molecule has 0 bridgehead atoms. The number of hydrogen-bond donors (Lipinski definition) is 2. The van der Waals surface area contributed by atoms with E-state index in [-0.39, 0.29) is 17.8 Å². The monoisotopic (exact) mass is 366 g/mol. The van der Waals surface area contributed by atoms with E-state index in [0.717, 1.165) is 30.7 Å². The summed E-state index contributed by atoms with van der Waals surface area (Å²) < 4.78 is 13.2. The minimum Gasteiger partial charge on any atom is -0.355 e. The van der Waals surface area contributed by atoms with Crippen LogP contribution >= 0.6 is 0 Å². The Bertz CT molecular complexity index is 968. The highest BCUT2D eigenvalue weighted by Crippen LogP contribution is 2.22. The first kappa shape index (κ1) is 17.7. The minimum absolute atomic E-state index is 0.0682. The minimum atomic E-state index is -0.275. The molecule has 0 fully saturated rings. The van der Waals surface area contributed by atoms with Gasteiger partial charge < -0.3 is 10.3 Å². The molecule has 0 saturated carbocycles. The van der Waals surface area contributed by atoms with Gasteiger partial charge in [0.25, 0.3) is 0 Å². The topological polar surface area (TPSA) is 61.0 Å². The number of rotatable bonds is 5. The molecular formula is C21H23FN4O. The number of hydrogen-bond acceptors (Lipinski definition) is 3. The van der Waals surface area contributed by atoms with Crippen LogP contribution in [-0.4, -0.2) is 40.4 Å². The van der Waals surface area contributed by atoms with Crippen LogP contribution in [0.25, 0.3) is 11.0 Å². The lowest BCUT2D eigenvalue weighted by Gasteiger charge is -2.33. The molecule has 5 nitrogen and oxygen atoms in total. The van der Waals surface area contributed by atoms with E-state index in [1.165, 1.54) is 23.3 Å². The molecule has 2 heterocycles. The fraction of sp³-hybridized carbons (Fsp3) is 0.333. The van der Waals surface area contributed by atoms with Crippen LogP contribution in [0.5, 0.6) is 0 Å². The lowest BCUT2D eigenvalue weighted by molar-refractivity contribution is -0.126. The maximum atomic E-state index is 13.2. The largest absolute Gasteiger partial charge is 0.355 e. The zero-order chi connectivity index (χ0) is 18.8. The van der Waals surface area contributed by atoms with Gasteiger partial charge >= 0.3 is 0 Å². The fourth-order valence-corrected chi connectivity index (χ4v) is 3.69. The lowest BCUT2D eigenvalue weighted by atomic mass is 9.94. The molecule has 1 atom stereocenters. The lowest BCUT2D eigenvalue weighted by Crippen LogP contribution is -2.48. The quantitative estimate of drug-likeness (QED) is 0.683. The van der Waals surface area contributed by atoms with Crippen LogP contribution in [-0.2, 0) is 24.2 Å². The van der Waals surface area contributed by atoms with Crippen LogP contribution in [0.2, 0.25) is 0 Å². The number of aromatic nitrogens is 2. The first-order valence-electron chi connectivity index (χ1n) is 9.29. The third kappa shape index (κ3) is 3.85. The highest BCUT2D eigenvalue weighted by atomic mass is 19.1. The number of nitrogens with one attached hydrogen (secondary N) is 2. The number of nitrogens with zero attached hydrogens (tertiary/aromatic N) is 2. The molecule has 4 rings (SSSR count). The third-order valence-electron chi connectivity index (χ3n) is 5.17. The highest BCUT2D eigenvalue weighted by molar-refractivity contribution is 5.82. The van der Waals surface area contributed by atoms with Crippen LogP contribution in [0.3, 0.4) is 0 Å². The molecule has 1 aliphatic heterocycles. The van der Waals surface area contributed by atoms with Gasteiger partial charge in [0.05, 0.1) is 17.1 Å². The van der Waals surface area contributed by atoms with Gasteiger partial charge in [-0.15, -0.1) is 0 Å². The van der Waals surface area contributed by atoms with Gasteiger partial charge in [-0.2, -0.15) is 0 Å². The van der Waals surface area contributed by atoms with Crippen LogP contribution in [0, 0.1) is 5.82 Å². The van der Waals surface area contributed by atoms with Gasteiger partial charge in [-0.3, -0.25) is 9.69 Å². The Labute approximate surface area is 157 Å². The Hall–Kier alpha value is -2.73. The SMILES string of the molecule is CN1Cc2ccccc2C[C@@H]1C(=O)NCCCc1nc2ccc(F)cc2[nH]1. The standard InChI is InChI=1S/C21H23FN4O/c1-26-13-15-6-3-2-5-14(15)11-19(26)21(27)23-10-4-7-20-24-17-9-8-16(22)12-18(17)25-20/h2-3,5-6,8-9,12,19H,4,7,10-11,13H2,1H3,(H,23,27)(H,24,25)/t19-/m1/s1. The van der Waals surface area contributed by atoms with Crippen LogP contribution in [0.4, 0.5) is 4.39 Å². The number of imidazole rings is 1. The number of carbonyl (C=O) groups is 1. The third-order valence-corrected chi connectivity index (χ3v) is 5.17. The Morgan fingerprint density at radius 3 is 2.96 bits per heavy atom. The van der Waals surface area contributed by atoms with E-state index in [9.17, 15) is 9.18 Å². The van der Waals surface area contributed by atoms with Crippen molar-refractivity contribution in [3.8, 4) is 0 Å². The van der Waals surface area contributed by atoms with Gasteiger partial charge in [-0.25, -0.2) is 9.37 Å². The smallest absolute Gasteiger partial charge is 0.237 e. The number of amides is 1. The number of likely N-dealkylation sites (N-methyl/N-ethyl adjacent to an activating group) is 1. The van der Waals surface area contributed by atoms with E-state index < -0.39 is 0 Å². The van der Waals surface area contributed by atoms with E-state index >= 15 is 0 Å². The van der Waals surface area contributed by atoms with Gasteiger partial charge in [0.1, 0.15) is 11.6 Å². The van der Waals surface area contributed by atoms with Crippen molar-refractivity contribution >= 4 is 16.9 Å². The maximum Gasteiger partial charge on any atom is 0.237 e. The Morgan fingerprint density at radius 2 is 2.11 bits per heavy atom. The molecule has 2 N–H and O–H groups in total. The molecule has 140 valence electrons. The molecule has 0 spiro atoms. The van der Waals surface area contributed by atoms with Gasteiger partial charge in [-0.05, 0) is 49.2 Å². The molecule has 0 unspecified atom stereocenters. The molecule has 0 saturated heterocycles. The summed E-state index contributed by atoms with van der Waals surface area (Å²) in [5, 5.41) is 3.04. The van der Waals surface area contributed by atoms with Crippen molar-refractivity contribution < 1.29 is 9.18 Å². The molecule has 27 heavy (non-hydrogen) atoms. The number of fused-ring (bicyclic) bond motifs is 2. The number of carbonyl (C=O) groups excluding carboxylic acids is 1. The second kappa shape index (κ2) is 7.48. The molecule has 3 aromatic rings. The summed E-state index contributed by atoms with van der Waals surface area (Å²) in [6.45, 7) is 1.39. The summed E-state index contributed by atoms with van der Waals surface area (Å²) in [6.07, 6.45) is 2.23. The number of aromatic amines is 1. The van der Waals surface area contributed by atoms with E-state index in [1.54, 1.807) is 6.07 Å². The van der Waals surface area contributed by atoms with E-state index in [2.05, 4.69) is 32.3 Å². The Kier molecular flexibility index (Phi) is 4.90. The zero-order valence-corrected chi connectivity index (χ0v) is 15.3. The second-order valence-corrected chi connectivity index (χ2v) is 7.14. The van der Waals surface area contributed by atoms with Gasteiger partial charge in [-0.1, -0.05) is 24.3 Å². The predicted molar refractivity (Wildman–Crippen MR) is 103 cm³/mol. The van der Waals surface area contributed by atoms with Crippen LogP contribution in [0.15, 0.2) is 42.5 Å². The summed E-state index contributed by atoms with van der Waals surface area (Å²) >= 11 is 0. The molecular weight excluding hydrogens is 343 g/mol. The average molecular weight is 366 g/mol. The normalized spacial score (nSPS) is 17.0. The number of halogens is 1. The summed E-state index contributed by atoms with van der Waals surface area (Å²) in [4.78, 5) is 22.3. The summed E-state index contributed by atoms with van der Waals surface area (Å²) in [5.41, 5.74) is 4.02. The van der Waals surface area contributed by atoms with Crippen molar-refractivity contribution in [2.45, 2.75) is 31.8 Å². The predicted octanol–water partition coefficient (Wildman–Crippen LogP) is 2.81. The van der Waals surface area contributed by atoms with E-state index in [1.807, 2.05) is 19.2 Å². The molecule has 2 aromatic carbocycles. The summed E-state index contributed by atoms with van der Waals surface area (Å²) in [5.74, 6) is 0.607. The van der Waals surface area contributed by atoms with Crippen molar-refractivity contribution in [2.24, 2.45) is 0 Å². The number of H-pyrrole nitrogens is 1. The van der Waals surface area contributed by atoms with Gasteiger partial charge in [0.2, 0.25) is 5.91 Å². The first-order valence-corrected chi connectivity index (χ1v) is 9.29. The molecule has 0 aliphatic carbocycles. The number of benzene rings is 2. The van der Waals surface area contributed by atoms with E-state index in [4.69, 9.17) is 0 Å². The van der Waals surface area contributed by atoms with Crippen molar-refractivity contribution in [2.75, 3.05) is 13.6 Å². The van der Waals surface area contributed by atoms with E-state index in [0.29, 0.717) is 18.5 Å². The van der Waals surface area contributed by atoms with Crippen molar-refractivity contribution in [3.63, 3.8) is 0 Å². The molecule has 1 amide bonds. The van der Waals surface area contributed by atoms with Crippen molar-refractivity contribution in [1.82, 2.24) is 20.2 Å². The van der Waals surface area contributed by atoms with Crippen molar-refractivity contribution in [1.29, 1.82) is 0 Å². The molecule has 6 heteroatoms. The average Bonchev–Trinajstić information content (AvgIpc) is 3.06. The molecule has 1 aliphatic rings. The zero-order valence-electron chi connectivity index (χ0n) is 15.3. The Balaban J connectivity index is 1.29. The second-order valence-electron chi connectivity index (χ2n) is 7.14. The van der Waals surface area contributed by atoms with Crippen molar-refractivity contribution in [3.05, 3.63) is 65.2 Å². The highest BCUT2D eigenvalue weighted by Gasteiger charge is 2.28. The summed E-state index contributed by atoms with van der Waals surface area (Å²) in [6, 6.07) is 12.7. The first-order chi connectivity index (χ1) is 13.1. The van der Waals surface area contributed by atoms with Crippen LogP contribution < -0.4 is 5.32 Å². The maximum absolute atomic E-state index is 13.2. The van der Waals surface area contributed by atoms with Gasteiger partial charge in [0.15, 0.2) is 0 Å². The van der Waals surface area contributed by atoms with Gasteiger partial charge in [0, 0.05) is 19.5 Å². The summed E-state index contributed by atoms with van der Waals surface area (Å²) in [7, 11) is 1.99. The molecule has 0 radical (unpaired) electrons. The fourth-order valence-electron chi connectivity index (χ4n) is 3.69. The Morgan fingerprint density at radius 1 is 1.30 bits per heavy atom.